The van der Waals surface area contributed by atoms with Crippen LogP contribution in [-0.4, -0.2) is 63.3 Å². The van der Waals surface area contributed by atoms with Gasteiger partial charge in [-0.2, -0.15) is 0 Å². The number of carbonyl (C=O) groups is 2. The van der Waals surface area contributed by atoms with Crippen LogP contribution in [0.25, 0.3) is 0 Å². The highest BCUT2D eigenvalue weighted by Gasteiger charge is 2.28. The van der Waals surface area contributed by atoms with Crippen LogP contribution in [0.4, 0.5) is 4.39 Å². The highest BCUT2D eigenvalue weighted by Crippen LogP contribution is 2.24. The van der Waals surface area contributed by atoms with Crippen LogP contribution in [0.3, 0.4) is 0 Å². The number of rotatable bonds is 4. The van der Waals surface area contributed by atoms with Gasteiger partial charge >= 0.3 is 0 Å². The number of piperazine rings is 1. The first-order valence-corrected chi connectivity index (χ1v) is 10.3. The van der Waals surface area contributed by atoms with Gasteiger partial charge in [-0.05, 0) is 36.4 Å². The average Bonchev–Trinajstić information content (AvgIpc) is 2.71. The number of methoxy groups -OCH3 is 1. The van der Waals surface area contributed by atoms with Crippen LogP contribution in [-0.2, 0) is 10.0 Å². The fourth-order valence-electron chi connectivity index (χ4n) is 3.12. The molecular formula is C19H20FN3O5S. The van der Waals surface area contributed by atoms with Gasteiger partial charge in [0.25, 0.3) is 11.8 Å². The van der Waals surface area contributed by atoms with Crippen LogP contribution in [0, 0.1) is 5.82 Å². The number of nitrogens with two attached hydrogens (primary N) is 1. The van der Waals surface area contributed by atoms with Gasteiger partial charge in [0.1, 0.15) is 11.6 Å². The lowest BCUT2D eigenvalue weighted by molar-refractivity contribution is 0.0533. The molecule has 0 saturated carbocycles. The quantitative estimate of drug-likeness (QED) is 0.794. The van der Waals surface area contributed by atoms with E-state index < -0.39 is 21.7 Å². The molecule has 154 valence electrons. The molecule has 1 saturated heterocycles. The van der Waals surface area contributed by atoms with Gasteiger partial charge in [-0.1, -0.05) is 6.07 Å². The molecule has 1 aliphatic rings. The first-order valence-electron chi connectivity index (χ1n) is 8.75. The van der Waals surface area contributed by atoms with E-state index in [1.54, 1.807) is 0 Å². The molecule has 0 bridgehead atoms. The number of nitrogens with zero attached hydrogens (tertiary/aromatic N) is 2. The number of amides is 2. The second-order valence-electron chi connectivity index (χ2n) is 6.50. The summed E-state index contributed by atoms with van der Waals surface area (Å²) in [6.07, 6.45) is 0. The van der Waals surface area contributed by atoms with Crippen molar-refractivity contribution in [3.63, 3.8) is 0 Å². The van der Waals surface area contributed by atoms with Gasteiger partial charge in [-0.3, -0.25) is 9.59 Å². The Bertz CT molecular complexity index is 1050. The average molecular weight is 421 g/mol. The zero-order chi connectivity index (χ0) is 21.2. The van der Waals surface area contributed by atoms with E-state index in [0.717, 1.165) is 0 Å². The minimum atomic E-state index is -3.98. The van der Waals surface area contributed by atoms with Crippen LogP contribution in [0.15, 0.2) is 47.4 Å². The van der Waals surface area contributed by atoms with Crippen molar-refractivity contribution >= 4 is 21.8 Å². The van der Waals surface area contributed by atoms with Crippen LogP contribution >= 0.6 is 0 Å². The van der Waals surface area contributed by atoms with Crippen molar-refractivity contribution in [1.82, 2.24) is 9.80 Å². The van der Waals surface area contributed by atoms with Crippen LogP contribution in [0.1, 0.15) is 20.7 Å². The van der Waals surface area contributed by atoms with Crippen molar-refractivity contribution < 1.29 is 27.1 Å². The summed E-state index contributed by atoms with van der Waals surface area (Å²) in [4.78, 5) is 28.3. The molecule has 0 aromatic heterocycles. The normalized spacial score (nSPS) is 14.6. The van der Waals surface area contributed by atoms with Gasteiger partial charge in [0.05, 0.1) is 17.6 Å². The Kier molecular flexibility index (Phi) is 5.85. The third kappa shape index (κ3) is 4.54. The molecule has 0 aliphatic carbocycles. The summed E-state index contributed by atoms with van der Waals surface area (Å²) in [7, 11) is -2.61. The predicted molar refractivity (Wildman–Crippen MR) is 103 cm³/mol. The molecule has 2 aromatic carbocycles. The van der Waals surface area contributed by atoms with Crippen molar-refractivity contribution in [2.75, 3.05) is 33.3 Å². The van der Waals surface area contributed by atoms with Crippen molar-refractivity contribution in [3.05, 3.63) is 59.4 Å². The molecule has 1 heterocycles. The first-order chi connectivity index (χ1) is 13.7. The number of hydrogen-bond donors (Lipinski definition) is 1. The first kappa shape index (κ1) is 20.7. The monoisotopic (exact) mass is 421 g/mol. The molecule has 10 heteroatoms. The van der Waals surface area contributed by atoms with Gasteiger partial charge in [0, 0.05) is 31.7 Å². The van der Waals surface area contributed by atoms with E-state index in [1.165, 1.54) is 59.4 Å². The summed E-state index contributed by atoms with van der Waals surface area (Å²) < 4.78 is 41.7. The number of primary sulfonamides is 1. The van der Waals surface area contributed by atoms with Crippen molar-refractivity contribution in [1.29, 1.82) is 0 Å². The molecule has 29 heavy (non-hydrogen) atoms. The lowest BCUT2D eigenvalue weighted by atomic mass is 10.1. The SMILES string of the molecule is COc1ccc(S(N)(=O)=O)cc1C(=O)N1CCN(C(=O)c2cccc(F)c2)CC1. The number of benzene rings is 2. The predicted octanol–water partition coefficient (Wildman–Crippen LogP) is 1.08. The van der Waals surface area contributed by atoms with Crippen molar-refractivity contribution in [2.45, 2.75) is 4.90 Å². The minimum Gasteiger partial charge on any atom is -0.496 e. The molecule has 8 nitrogen and oxygen atoms in total. The minimum absolute atomic E-state index is 0.0731. The molecule has 2 N–H and O–H groups in total. The van der Waals surface area contributed by atoms with Gasteiger partial charge in [-0.25, -0.2) is 17.9 Å². The summed E-state index contributed by atoms with van der Waals surface area (Å²) in [5.41, 5.74) is 0.316. The molecule has 2 amide bonds. The second-order valence-corrected chi connectivity index (χ2v) is 8.06. The van der Waals surface area contributed by atoms with Crippen molar-refractivity contribution in [3.8, 4) is 5.75 Å². The summed E-state index contributed by atoms with van der Waals surface area (Å²) in [5.74, 6) is -1.01. The highest BCUT2D eigenvalue weighted by molar-refractivity contribution is 7.89. The third-order valence-electron chi connectivity index (χ3n) is 4.66. The van der Waals surface area contributed by atoms with Gasteiger partial charge in [-0.15, -0.1) is 0 Å². The fraction of sp³-hybridized carbons (Fsp3) is 0.263. The van der Waals surface area contributed by atoms with Crippen LogP contribution < -0.4 is 9.88 Å². The maximum atomic E-state index is 13.4. The van der Waals surface area contributed by atoms with E-state index in [-0.39, 0.29) is 53.9 Å². The van der Waals surface area contributed by atoms with E-state index in [1.807, 2.05) is 0 Å². The number of sulfonamides is 1. The maximum absolute atomic E-state index is 13.4. The van der Waals surface area contributed by atoms with E-state index in [0.29, 0.717) is 0 Å². The molecule has 2 aromatic rings. The summed E-state index contributed by atoms with van der Waals surface area (Å²) in [6, 6.07) is 9.25. The van der Waals surface area contributed by atoms with E-state index >= 15 is 0 Å². The zero-order valence-corrected chi connectivity index (χ0v) is 16.5. The largest absolute Gasteiger partial charge is 0.496 e. The molecule has 3 rings (SSSR count). The van der Waals surface area contributed by atoms with Crippen LogP contribution in [0.5, 0.6) is 5.75 Å². The highest BCUT2D eigenvalue weighted by atomic mass is 32.2. The molecular weight excluding hydrogens is 401 g/mol. The smallest absolute Gasteiger partial charge is 0.257 e. The Morgan fingerprint density at radius 3 is 2.17 bits per heavy atom. The summed E-state index contributed by atoms with van der Waals surface area (Å²) in [6.45, 7) is 1.00. The van der Waals surface area contributed by atoms with Crippen LogP contribution in [0.2, 0.25) is 0 Å². The zero-order valence-electron chi connectivity index (χ0n) is 15.7. The molecule has 0 atom stereocenters. The standard InChI is InChI=1S/C19H20FN3O5S/c1-28-17-6-5-15(29(21,26)27)12-16(17)19(25)23-9-7-22(8-10-23)18(24)13-3-2-4-14(20)11-13/h2-6,11-12H,7-10H2,1H3,(H2,21,26,27). The van der Waals surface area contributed by atoms with Gasteiger partial charge < -0.3 is 14.5 Å². The Morgan fingerprint density at radius 1 is 1.00 bits per heavy atom. The second kappa shape index (κ2) is 8.18. The number of ether oxygens (including phenoxy) is 1. The molecule has 0 spiro atoms. The number of halogens is 1. The molecule has 1 fully saturated rings. The van der Waals surface area contributed by atoms with Gasteiger partial charge in [0.2, 0.25) is 10.0 Å². The summed E-state index contributed by atoms with van der Waals surface area (Å²) >= 11 is 0. The van der Waals surface area contributed by atoms with Gasteiger partial charge in [0.15, 0.2) is 0 Å². The lowest BCUT2D eigenvalue weighted by Crippen LogP contribution is -2.50. The third-order valence-corrected chi connectivity index (χ3v) is 5.57. The fourth-order valence-corrected chi connectivity index (χ4v) is 3.66. The van der Waals surface area contributed by atoms with E-state index in [2.05, 4.69) is 0 Å². The topological polar surface area (TPSA) is 110 Å². The number of hydrogen-bond acceptors (Lipinski definition) is 5. The van der Waals surface area contributed by atoms with Crippen molar-refractivity contribution in [2.24, 2.45) is 5.14 Å². The molecule has 1 aliphatic heterocycles. The molecule has 0 unspecified atom stereocenters. The Balaban J connectivity index is 1.74. The lowest BCUT2D eigenvalue weighted by Gasteiger charge is -2.35. The van der Waals surface area contributed by atoms with E-state index in [4.69, 9.17) is 9.88 Å². The Morgan fingerprint density at radius 2 is 1.62 bits per heavy atom. The number of carbonyl (C=O) groups excluding carboxylic acids is 2. The Hall–Kier alpha value is -2.98. The Labute approximate surface area is 167 Å². The van der Waals surface area contributed by atoms with E-state index in [9.17, 15) is 22.4 Å². The summed E-state index contributed by atoms with van der Waals surface area (Å²) in [5, 5.41) is 5.15. The maximum Gasteiger partial charge on any atom is 0.257 e. The molecule has 0 radical (unpaired) electrons.